The number of carbonyl (C=O) groups excluding carboxylic acids is 1. The topological polar surface area (TPSA) is 46.5 Å². The van der Waals surface area contributed by atoms with Crippen molar-refractivity contribution in [3.05, 3.63) is 0 Å². The van der Waals surface area contributed by atoms with Crippen molar-refractivity contribution in [2.75, 3.05) is 13.7 Å². The molecule has 12 heavy (non-hydrogen) atoms. The van der Waals surface area contributed by atoms with Crippen molar-refractivity contribution in [1.29, 1.82) is 0 Å². The Morgan fingerprint density at radius 3 is 2.58 bits per heavy atom. The number of hydrogen-bond acceptors (Lipinski definition) is 3. The molecule has 0 heterocycles. The molecule has 0 rings (SSSR count). The largest absolute Gasteiger partial charge is 0.390 e. The zero-order valence-electron chi connectivity index (χ0n) is 8.09. The smallest absolute Gasteiger partial charge is 0.158 e. The van der Waals surface area contributed by atoms with Gasteiger partial charge in [0.05, 0.1) is 5.60 Å². The van der Waals surface area contributed by atoms with Gasteiger partial charge in [0, 0.05) is 13.5 Å². The molecule has 3 heteroatoms. The summed E-state index contributed by atoms with van der Waals surface area (Å²) in [5.41, 5.74) is -0.705. The molecular formula is C9H18O3. The molecule has 0 aliphatic carbocycles. The van der Waals surface area contributed by atoms with E-state index in [1.807, 2.05) is 6.92 Å². The lowest BCUT2D eigenvalue weighted by molar-refractivity contribution is -0.123. The van der Waals surface area contributed by atoms with Crippen LogP contribution in [0.3, 0.4) is 0 Å². The maximum atomic E-state index is 11.0. The van der Waals surface area contributed by atoms with Crippen LogP contribution in [0.4, 0.5) is 0 Å². The van der Waals surface area contributed by atoms with E-state index in [9.17, 15) is 9.90 Å². The van der Waals surface area contributed by atoms with Crippen LogP contribution in [0.15, 0.2) is 0 Å². The molecule has 0 aromatic rings. The van der Waals surface area contributed by atoms with Crippen molar-refractivity contribution in [1.82, 2.24) is 0 Å². The summed E-state index contributed by atoms with van der Waals surface area (Å²) in [6.45, 7) is 3.80. The Morgan fingerprint density at radius 2 is 2.17 bits per heavy atom. The summed E-state index contributed by atoms with van der Waals surface area (Å²) in [6.07, 6.45) is 1.59. The van der Waals surface area contributed by atoms with Crippen molar-refractivity contribution >= 4 is 5.78 Å². The fraction of sp³-hybridized carbons (Fsp3) is 0.889. The number of Topliss-reactive ketones (excluding diaryl/α,β-unsaturated/α-hetero) is 1. The van der Waals surface area contributed by atoms with E-state index in [1.165, 1.54) is 7.11 Å². The number of methoxy groups -OCH3 is 1. The minimum absolute atomic E-state index is 0.0474. The molecule has 0 spiro atoms. The second-order valence-corrected chi connectivity index (χ2v) is 3.32. The lowest BCUT2D eigenvalue weighted by Crippen LogP contribution is -2.24. The van der Waals surface area contributed by atoms with E-state index in [0.717, 1.165) is 0 Å². The van der Waals surface area contributed by atoms with Gasteiger partial charge in [-0.25, -0.2) is 0 Å². The van der Waals surface area contributed by atoms with E-state index < -0.39 is 5.60 Å². The first-order valence-electron chi connectivity index (χ1n) is 4.25. The number of rotatable bonds is 6. The highest BCUT2D eigenvalue weighted by Crippen LogP contribution is 2.15. The summed E-state index contributed by atoms with van der Waals surface area (Å²) >= 11 is 0. The highest BCUT2D eigenvalue weighted by molar-refractivity contribution is 5.79. The maximum Gasteiger partial charge on any atom is 0.158 e. The van der Waals surface area contributed by atoms with E-state index in [0.29, 0.717) is 19.3 Å². The lowest BCUT2D eigenvalue weighted by atomic mass is 9.96. The minimum Gasteiger partial charge on any atom is -0.390 e. The zero-order valence-corrected chi connectivity index (χ0v) is 8.09. The number of carbonyl (C=O) groups is 1. The molecule has 1 atom stereocenters. The van der Waals surface area contributed by atoms with E-state index in [4.69, 9.17) is 0 Å². The average molecular weight is 174 g/mol. The molecule has 0 saturated carbocycles. The predicted octanol–water partition coefficient (Wildman–Crippen LogP) is 1.14. The molecule has 0 aliphatic rings. The molecule has 3 nitrogen and oxygen atoms in total. The first kappa shape index (κ1) is 11.6. The van der Waals surface area contributed by atoms with Crippen molar-refractivity contribution in [2.24, 2.45) is 0 Å². The molecule has 0 amide bonds. The van der Waals surface area contributed by atoms with Crippen LogP contribution in [-0.2, 0) is 9.53 Å². The molecule has 0 aromatic heterocycles. The van der Waals surface area contributed by atoms with Gasteiger partial charge in [0.1, 0.15) is 6.61 Å². The predicted molar refractivity (Wildman–Crippen MR) is 47.0 cm³/mol. The Kier molecular flexibility index (Phi) is 5.09. The summed E-state index contributed by atoms with van der Waals surface area (Å²) in [5.74, 6) is 0.0474. The van der Waals surface area contributed by atoms with Gasteiger partial charge in [-0.2, -0.15) is 0 Å². The van der Waals surface area contributed by atoms with Crippen LogP contribution < -0.4 is 0 Å². The van der Waals surface area contributed by atoms with Gasteiger partial charge in [0.25, 0.3) is 0 Å². The normalized spacial score (nSPS) is 15.7. The molecule has 0 aliphatic heterocycles. The molecule has 1 unspecified atom stereocenters. The van der Waals surface area contributed by atoms with Crippen LogP contribution in [0.1, 0.15) is 33.1 Å². The summed E-state index contributed by atoms with van der Waals surface area (Å²) in [7, 11) is 1.50. The second-order valence-electron chi connectivity index (χ2n) is 3.32. The Balaban J connectivity index is 3.60. The van der Waals surface area contributed by atoms with Gasteiger partial charge in [-0.05, 0) is 19.8 Å². The fourth-order valence-corrected chi connectivity index (χ4v) is 0.819. The fourth-order valence-electron chi connectivity index (χ4n) is 0.819. The third kappa shape index (κ3) is 5.27. The summed E-state index contributed by atoms with van der Waals surface area (Å²) in [4.78, 5) is 11.0. The van der Waals surface area contributed by atoms with Gasteiger partial charge in [-0.3, -0.25) is 4.79 Å². The van der Waals surface area contributed by atoms with Crippen LogP contribution >= 0.6 is 0 Å². The monoisotopic (exact) mass is 174 g/mol. The second kappa shape index (κ2) is 5.27. The zero-order chi connectivity index (χ0) is 9.61. The molecular weight excluding hydrogens is 156 g/mol. The molecule has 0 aromatic carbocycles. The molecule has 0 fully saturated rings. The Morgan fingerprint density at radius 1 is 1.58 bits per heavy atom. The number of ether oxygens (including phenoxy) is 1. The average Bonchev–Trinajstić information content (AvgIpc) is 2.02. The maximum absolute atomic E-state index is 11.0. The van der Waals surface area contributed by atoms with E-state index >= 15 is 0 Å². The summed E-state index contributed by atoms with van der Waals surface area (Å²) < 4.78 is 4.67. The van der Waals surface area contributed by atoms with E-state index in [1.54, 1.807) is 6.92 Å². The molecule has 0 radical (unpaired) electrons. The van der Waals surface area contributed by atoms with Crippen LogP contribution in [0.5, 0.6) is 0 Å². The van der Waals surface area contributed by atoms with Crippen LogP contribution in [0.2, 0.25) is 0 Å². The third-order valence-electron chi connectivity index (χ3n) is 2.01. The van der Waals surface area contributed by atoms with Gasteiger partial charge in [0.2, 0.25) is 0 Å². The molecule has 0 bridgehead atoms. The van der Waals surface area contributed by atoms with Crippen LogP contribution in [0, 0.1) is 0 Å². The van der Waals surface area contributed by atoms with Gasteiger partial charge in [0.15, 0.2) is 5.78 Å². The van der Waals surface area contributed by atoms with E-state index in [2.05, 4.69) is 4.74 Å². The van der Waals surface area contributed by atoms with Crippen LogP contribution in [-0.4, -0.2) is 30.2 Å². The first-order valence-corrected chi connectivity index (χ1v) is 4.25. The van der Waals surface area contributed by atoms with Gasteiger partial charge >= 0.3 is 0 Å². The van der Waals surface area contributed by atoms with Crippen LogP contribution in [0.25, 0.3) is 0 Å². The Hall–Kier alpha value is -0.410. The van der Waals surface area contributed by atoms with Crippen molar-refractivity contribution in [3.8, 4) is 0 Å². The van der Waals surface area contributed by atoms with Crippen molar-refractivity contribution in [3.63, 3.8) is 0 Å². The molecule has 1 N–H and O–H groups in total. The molecule has 0 saturated heterocycles. The highest BCUT2D eigenvalue weighted by atomic mass is 16.5. The summed E-state index contributed by atoms with van der Waals surface area (Å²) in [5, 5.41) is 9.55. The quantitative estimate of drug-likeness (QED) is 0.657. The Labute approximate surface area is 73.7 Å². The summed E-state index contributed by atoms with van der Waals surface area (Å²) in [6, 6.07) is 0. The van der Waals surface area contributed by atoms with Gasteiger partial charge in [-0.15, -0.1) is 0 Å². The SMILES string of the molecule is CCC(C)(O)CCC(=O)COC. The highest BCUT2D eigenvalue weighted by Gasteiger charge is 2.18. The lowest BCUT2D eigenvalue weighted by Gasteiger charge is -2.20. The Bertz CT molecular complexity index is 141. The first-order chi connectivity index (χ1) is 5.52. The standard InChI is InChI=1S/C9H18O3/c1-4-9(2,11)6-5-8(10)7-12-3/h11H,4-7H2,1-3H3. The molecule has 72 valence electrons. The van der Waals surface area contributed by atoms with E-state index in [-0.39, 0.29) is 12.4 Å². The van der Waals surface area contributed by atoms with Gasteiger partial charge < -0.3 is 9.84 Å². The third-order valence-corrected chi connectivity index (χ3v) is 2.01. The minimum atomic E-state index is -0.705. The number of ketones is 1. The number of hydrogen-bond donors (Lipinski definition) is 1. The van der Waals surface area contributed by atoms with Gasteiger partial charge in [-0.1, -0.05) is 6.92 Å². The van der Waals surface area contributed by atoms with Crippen molar-refractivity contribution in [2.45, 2.75) is 38.7 Å². The number of aliphatic hydroxyl groups is 1. The van der Waals surface area contributed by atoms with Crippen molar-refractivity contribution < 1.29 is 14.6 Å².